The van der Waals surface area contributed by atoms with Gasteiger partial charge in [-0.2, -0.15) is 0 Å². The van der Waals surface area contributed by atoms with E-state index in [0.717, 1.165) is 0 Å². The lowest BCUT2D eigenvalue weighted by Gasteiger charge is -2.27. The van der Waals surface area contributed by atoms with Crippen LogP contribution in [-0.2, 0) is 36.7 Å². The van der Waals surface area contributed by atoms with Crippen LogP contribution in [0.3, 0.4) is 0 Å². The van der Waals surface area contributed by atoms with Crippen molar-refractivity contribution in [3.05, 3.63) is 53.6 Å². The molecular formula is C22H25N7O11P2S2. The van der Waals surface area contributed by atoms with Crippen LogP contribution in [0, 0.1) is 0 Å². The predicted molar refractivity (Wildman–Crippen MR) is 156 cm³/mol. The smallest absolute Gasteiger partial charge is 0.386 e. The summed E-state index contributed by atoms with van der Waals surface area (Å²) in [7, 11) is 0. The first-order valence-electron chi connectivity index (χ1n) is 13.0. The van der Waals surface area contributed by atoms with Crippen LogP contribution in [0.2, 0.25) is 0 Å². The van der Waals surface area contributed by atoms with Crippen molar-refractivity contribution in [2.24, 2.45) is 0 Å². The Balaban J connectivity index is 1.21. The molecule has 0 amide bonds. The number of nitrogens with two attached hydrogens (primary N) is 1. The fourth-order valence-electron chi connectivity index (χ4n) is 5.40. The maximum atomic E-state index is 13.5. The van der Waals surface area contributed by atoms with E-state index in [1.165, 1.54) is 50.7 Å². The molecule has 10 atom stereocenters. The minimum absolute atomic E-state index is 0.134. The molecule has 0 aromatic carbocycles. The van der Waals surface area contributed by atoms with Gasteiger partial charge in [0.05, 0.1) is 25.2 Å². The predicted octanol–water partition coefficient (Wildman–Crippen LogP) is 0.933. The fourth-order valence-corrected chi connectivity index (χ4v) is 8.35. The van der Waals surface area contributed by atoms with Gasteiger partial charge in [0.25, 0.3) is 5.56 Å². The second kappa shape index (κ2) is 11.2. The summed E-state index contributed by atoms with van der Waals surface area (Å²) in [4.78, 5) is 24.9. The Labute approximate surface area is 257 Å². The molecule has 0 saturated carbocycles. The van der Waals surface area contributed by atoms with Crippen LogP contribution in [0.15, 0.2) is 48.0 Å². The summed E-state index contributed by atoms with van der Waals surface area (Å²) in [5.74, 6) is 0.134. The zero-order valence-corrected chi connectivity index (χ0v) is 25.8. The second-order valence-corrected chi connectivity index (χ2v) is 15.9. The number of thiol groups is 2. The van der Waals surface area contributed by atoms with Gasteiger partial charge in [-0.1, -0.05) is 24.5 Å². The largest absolute Gasteiger partial charge is 0.397 e. The average molecular weight is 690 g/mol. The Morgan fingerprint density at radius 2 is 1.57 bits per heavy atom. The Morgan fingerprint density at radius 1 is 0.864 bits per heavy atom. The Bertz CT molecular complexity index is 1890. The standard InChI is InChI=1S/C22H25N7O11P2S2/c23-10-1-3-24-19-14(10)26-9-29(19)20-16(32)17-12(38-20)8-36-42(34,44)40-18-15(31)11(7-35-41(33,43)39-17)37-21(18)28-5-2-13(30)27-6-4-25-22(27)28/h1-6,9,11-12,15-18,20-21,31-32H,7-8H2,(H2,23,24)(H,33,43)(H,34,44)/t11-,12-,15-,16-,17-,18-,20-,21-,41+,42-/m1/s1. The molecule has 3 aliphatic heterocycles. The van der Waals surface area contributed by atoms with Gasteiger partial charge < -0.3 is 25.4 Å². The van der Waals surface area contributed by atoms with E-state index < -0.39 is 75.9 Å². The van der Waals surface area contributed by atoms with E-state index in [-0.39, 0.29) is 11.3 Å². The number of fused-ring (bicyclic) bond motifs is 5. The third kappa shape index (κ3) is 5.32. The van der Waals surface area contributed by atoms with Crippen LogP contribution >= 0.6 is 38.1 Å². The van der Waals surface area contributed by atoms with Crippen LogP contribution in [-0.4, -0.2) is 88.5 Å². The van der Waals surface area contributed by atoms with E-state index in [9.17, 15) is 24.1 Å². The lowest BCUT2D eigenvalue weighted by atomic mass is 10.1. The monoisotopic (exact) mass is 689 g/mol. The number of anilines is 1. The quantitative estimate of drug-likeness (QED) is 0.146. The highest BCUT2D eigenvalue weighted by molar-refractivity contribution is 8.44. The molecule has 2 bridgehead atoms. The first-order valence-corrected chi connectivity index (χ1v) is 18.4. The van der Waals surface area contributed by atoms with E-state index in [1.54, 1.807) is 6.07 Å². The summed E-state index contributed by atoms with van der Waals surface area (Å²) in [6.07, 6.45) is -3.64. The maximum absolute atomic E-state index is 13.5. The van der Waals surface area contributed by atoms with Gasteiger partial charge in [-0.05, 0) is 6.07 Å². The van der Waals surface area contributed by atoms with Crippen LogP contribution in [0.5, 0.6) is 0 Å². The van der Waals surface area contributed by atoms with Crippen LogP contribution in [0.25, 0.3) is 16.9 Å². The number of pyridine rings is 1. The molecule has 3 saturated heterocycles. The second-order valence-electron chi connectivity index (χ2n) is 10.2. The lowest BCUT2D eigenvalue weighted by Crippen LogP contribution is -2.36. The van der Waals surface area contributed by atoms with E-state index in [1.807, 2.05) is 0 Å². The highest BCUT2D eigenvalue weighted by Crippen LogP contribution is 2.60. The fraction of sp³-hybridized carbons (Fsp3) is 0.455. The first-order chi connectivity index (χ1) is 20.9. The van der Waals surface area contributed by atoms with Gasteiger partial charge in [-0.15, -0.1) is 0 Å². The van der Waals surface area contributed by atoms with Gasteiger partial charge in [0.2, 0.25) is 5.78 Å². The summed E-state index contributed by atoms with van der Waals surface area (Å²) in [6, 6.07) is 2.80. The van der Waals surface area contributed by atoms with Gasteiger partial charge in [-0.25, -0.2) is 24.1 Å². The Kier molecular flexibility index (Phi) is 7.71. The molecule has 18 nitrogen and oxygen atoms in total. The van der Waals surface area contributed by atoms with E-state index in [4.69, 9.17) is 33.3 Å². The maximum Gasteiger partial charge on any atom is 0.386 e. The van der Waals surface area contributed by atoms with E-state index in [2.05, 4.69) is 39.4 Å². The molecule has 4 aromatic rings. The van der Waals surface area contributed by atoms with Crippen molar-refractivity contribution in [1.29, 1.82) is 0 Å². The molecule has 7 heterocycles. The van der Waals surface area contributed by atoms with Crippen molar-refractivity contribution in [2.45, 2.75) is 49.1 Å². The number of ether oxygens (including phenoxy) is 2. The van der Waals surface area contributed by atoms with Gasteiger partial charge in [0.15, 0.2) is 18.1 Å². The molecule has 0 unspecified atom stereocenters. The molecular weight excluding hydrogens is 664 g/mol. The normalized spacial score (nSPS) is 38.3. The van der Waals surface area contributed by atoms with Crippen molar-refractivity contribution in [3.8, 4) is 0 Å². The summed E-state index contributed by atoms with van der Waals surface area (Å²) in [5.41, 5.74) is 6.61. The SMILES string of the molecule is Nc1ccnc2c1ncn2[C@@H]1O[C@@H]2CO[P@@](=O)(S)O[C@@H]3[C@H](O)[C@@H](CO[P@](=O)(S)O[C@H]2[C@H]1O)O[C@H]3n1ccc(=O)n2ccnc12. The Hall–Kier alpha value is -2.32. The molecule has 3 aliphatic rings. The summed E-state index contributed by atoms with van der Waals surface area (Å²) < 4.78 is 65.3. The van der Waals surface area contributed by atoms with Crippen molar-refractivity contribution >= 4 is 60.7 Å². The van der Waals surface area contributed by atoms with Gasteiger partial charge in [0.1, 0.15) is 42.1 Å². The van der Waals surface area contributed by atoms with Gasteiger partial charge in [-0.3, -0.25) is 36.4 Å². The van der Waals surface area contributed by atoms with E-state index in [0.29, 0.717) is 16.9 Å². The zero-order valence-electron chi connectivity index (χ0n) is 22.2. The average Bonchev–Trinajstić information content (AvgIpc) is 3.75. The minimum Gasteiger partial charge on any atom is -0.397 e. The number of aliphatic hydroxyl groups is 2. The minimum atomic E-state index is -4.32. The van der Waals surface area contributed by atoms with Crippen LogP contribution in [0.4, 0.5) is 5.69 Å². The molecule has 0 radical (unpaired) electrons. The number of imidazole rings is 2. The van der Waals surface area contributed by atoms with Gasteiger partial charge in [0, 0.05) is 30.9 Å². The summed E-state index contributed by atoms with van der Waals surface area (Å²) in [5, 5.41) is 22.4. The Morgan fingerprint density at radius 3 is 2.34 bits per heavy atom. The number of rotatable bonds is 2. The van der Waals surface area contributed by atoms with E-state index >= 15 is 0 Å². The number of aliphatic hydroxyl groups excluding tert-OH is 2. The highest BCUT2D eigenvalue weighted by Gasteiger charge is 2.53. The summed E-state index contributed by atoms with van der Waals surface area (Å²) in [6.45, 7) is -9.68. The molecule has 3 fully saturated rings. The molecule has 7 rings (SSSR count). The van der Waals surface area contributed by atoms with Crippen LogP contribution < -0.4 is 11.3 Å². The number of nitrogen functional groups attached to an aromatic ring is 1. The number of hydrogen-bond donors (Lipinski definition) is 5. The molecule has 0 spiro atoms. The van der Waals surface area contributed by atoms with Crippen LogP contribution in [0.1, 0.15) is 12.5 Å². The molecule has 44 heavy (non-hydrogen) atoms. The third-order valence-corrected chi connectivity index (χ3v) is 10.7. The number of nitrogens with zero attached hydrogens (tertiary/aromatic N) is 6. The molecule has 4 N–H and O–H groups in total. The molecule has 236 valence electrons. The topological polar surface area (TPSA) is 226 Å². The van der Waals surface area contributed by atoms with Crippen molar-refractivity contribution in [3.63, 3.8) is 0 Å². The lowest BCUT2D eigenvalue weighted by molar-refractivity contribution is -0.0578. The first kappa shape index (κ1) is 30.3. The summed E-state index contributed by atoms with van der Waals surface area (Å²) >= 11 is 8.17. The number of hydrogen-bond acceptors (Lipinski definition) is 15. The third-order valence-electron chi connectivity index (χ3n) is 7.44. The van der Waals surface area contributed by atoms with Gasteiger partial charge >= 0.3 is 13.6 Å². The zero-order chi connectivity index (χ0) is 31.0. The highest BCUT2D eigenvalue weighted by atomic mass is 32.7. The van der Waals surface area contributed by atoms with Crippen molar-refractivity contribution in [1.82, 2.24) is 28.5 Å². The van der Waals surface area contributed by atoms with Crippen molar-refractivity contribution < 1.29 is 46.9 Å². The molecule has 4 aromatic heterocycles. The van der Waals surface area contributed by atoms with Crippen molar-refractivity contribution in [2.75, 3.05) is 18.9 Å². The number of aromatic nitrogens is 6. The molecule has 22 heteroatoms. The molecule has 0 aliphatic carbocycles.